The molecule has 0 bridgehead atoms. The van der Waals surface area contributed by atoms with E-state index in [0.717, 1.165) is 11.0 Å². The largest absolute Gasteiger partial charge is 0.394 e. The summed E-state index contributed by atoms with van der Waals surface area (Å²) in [5.41, 5.74) is 0. The molecule has 0 spiro atoms. The molecule has 17 heavy (non-hydrogen) atoms. The highest BCUT2D eigenvalue weighted by Crippen LogP contribution is 1.98. The Kier molecular flexibility index (Phi) is 10.9. The van der Waals surface area contributed by atoms with E-state index in [-0.39, 0.29) is 6.61 Å². The lowest BCUT2D eigenvalue weighted by atomic mass is 10.1. The summed E-state index contributed by atoms with van der Waals surface area (Å²) in [6, 6.07) is 0. The van der Waals surface area contributed by atoms with Crippen molar-refractivity contribution in [2.75, 3.05) is 47.5 Å². The summed E-state index contributed by atoms with van der Waals surface area (Å²) < 4.78 is 0.844. The first-order valence-electron chi connectivity index (χ1n) is 5.36. The van der Waals surface area contributed by atoms with Crippen LogP contribution < -0.4 is 0 Å². The van der Waals surface area contributed by atoms with Crippen LogP contribution >= 0.6 is 0 Å². The van der Waals surface area contributed by atoms with Gasteiger partial charge in [-0.2, -0.15) is 0 Å². The first kappa shape index (κ1) is 19.1. The number of aliphatic hydroxyl groups is 6. The molecule has 6 N–H and O–H groups in total. The number of rotatable bonds is 6. The second-order valence-corrected chi connectivity index (χ2v) is 4.73. The van der Waals surface area contributed by atoms with Crippen molar-refractivity contribution in [1.82, 2.24) is 0 Å². The molecular weight excluding hydrogens is 230 g/mol. The highest BCUT2D eigenvalue weighted by molar-refractivity contribution is 4.73. The van der Waals surface area contributed by atoms with Crippen LogP contribution in [-0.2, 0) is 0 Å². The van der Waals surface area contributed by atoms with Crippen LogP contribution in [0.3, 0.4) is 0 Å². The Morgan fingerprint density at radius 2 is 1.18 bits per heavy atom. The maximum atomic E-state index is 8.77. The van der Waals surface area contributed by atoms with E-state index in [1.54, 1.807) is 0 Å². The van der Waals surface area contributed by atoms with Gasteiger partial charge in [-0.1, -0.05) is 0 Å². The van der Waals surface area contributed by atoms with Crippen molar-refractivity contribution < 1.29 is 35.1 Å². The van der Waals surface area contributed by atoms with Gasteiger partial charge in [0.05, 0.1) is 41.0 Å². The lowest BCUT2D eigenvalue weighted by Crippen LogP contribution is -2.41. The lowest BCUT2D eigenvalue weighted by Gasteiger charge is -2.21. The van der Waals surface area contributed by atoms with Crippen LogP contribution in [0.4, 0.5) is 0 Å². The molecule has 106 valence electrons. The highest BCUT2D eigenvalue weighted by atomic mass is 16.4. The molecule has 0 rings (SSSR count). The zero-order valence-corrected chi connectivity index (χ0v) is 10.7. The molecule has 0 unspecified atom stereocenters. The van der Waals surface area contributed by atoms with Gasteiger partial charge in [0.2, 0.25) is 0 Å². The molecule has 0 aromatic rings. The van der Waals surface area contributed by atoms with E-state index in [1.807, 2.05) is 0 Å². The molecule has 0 aromatic carbocycles. The van der Waals surface area contributed by atoms with Gasteiger partial charge < -0.3 is 35.1 Å². The van der Waals surface area contributed by atoms with E-state index in [9.17, 15) is 0 Å². The predicted octanol–water partition coefficient (Wildman–Crippen LogP) is -3.26. The summed E-state index contributed by atoms with van der Waals surface area (Å²) >= 11 is 0. The van der Waals surface area contributed by atoms with Crippen molar-refractivity contribution in [3.05, 3.63) is 0 Å². The van der Waals surface area contributed by atoms with Crippen molar-refractivity contribution in [1.29, 1.82) is 0 Å². The summed E-state index contributed by atoms with van der Waals surface area (Å²) in [6.45, 7) is -0.167. The van der Waals surface area contributed by atoms with Gasteiger partial charge in [0, 0.05) is 0 Å². The molecule has 0 aliphatic carbocycles. The number of hydrogen-bond donors (Lipinski definition) is 6. The van der Waals surface area contributed by atoms with Crippen molar-refractivity contribution in [2.45, 2.75) is 18.3 Å². The zero-order chi connectivity index (χ0) is 14.1. The van der Waals surface area contributed by atoms with Gasteiger partial charge in [-0.05, 0) is 0 Å². The summed E-state index contributed by atoms with van der Waals surface area (Å²) in [5.74, 6) is 0. The molecule has 0 heterocycles. The summed E-state index contributed by atoms with van der Waals surface area (Å²) in [5, 5.41) is 51.0. The van der Waals surface area contributed by atoms with E-state index in [4.69, 9.17) is 30.6 Å². The molecule has 0 saturated carbocycles. The molecule has 3 atom stereocenters. The van der Waals surface area contributed by atoms with Crippen LogP contribution in [0.25, 0.3) is 0 Å². The third kappa shape index (κ3) is 12.0. The van der Waals surface area contributed by atoms with Crippen molar-refractivity contribution in [2.24, 2.45) is 0 Å². The number of hydrogen-bond acceptors (Lipinski definition) is 6. The van der Waals surface area contributed by atoms with Crippen LogP contribution in [0.15, 0.2) is 0 Å². The Hall–Kier alpha value is -0.280. The summed E-state index contributed by atoms with van der Waals surface area (Å²) in [7, 11) is 6.16. The minimum atomic E-state index is -1.49. The molecule has 0 aliphatic heterocycles. The predicted molar refractivity (Wildman–Crippen MR) is 62.2 cm³/mol. The van der Waals surface area contributed by atoms with Gasteiger partial charge >= 0.3 is 0 Å². The maximum Gasteiger partial charge on any atom is 0.110 e. The summed E-state index contributed by atoms with van der Waals surface area (Å²) in [6.07, 6.45) is -4.29. The van der Waals surface area contributed by atoms with Gasteiger partial charge in [0.25, 0.3) is 0 Å². The summed E-state index contributed by atoms with van der Waals surface area (Å²) in [4.78, 5) is 0. The van der Waals surface area contributed by atoms with Gasteiger partial charge in [0.15, 0.2) is 0 Å². The first-order chi connectivity index (χ1) is 7.69. The Morgan fingerprint density at radius 3 is 1.29 bits per heavy atom. The average molecular weight is 256 g/mol. The molecule has 0 fully saturated rings. The minimum Gasteiger partial charge on any atom is -0.394 e. The van der Waals surface area contributed by atoms with Crippen LogP contribution in [-0.4, -0.2) is 101 Å². The quantitative estimate of drug-likeness (QED) is 0.277. The SMILES string of the molecule is C[N+](C)(C)CCO.OC[C@@H](O)[C@H](O)[C@@H](O)CO. The van der Waals surface area contributed by atoms with Crippen molar-refractivity contribution >= 4 is 0 Å². The zero-order valence-electron chi connectivity index (χ0n) is 10.7. The Labute approximate surface area is 102 Å². The minimum absolute atomic E-state index is 0.281. The number of aliphatic hydroxyl groups excluding tert-OH is 6. The highest BCUT2D eigenvalue weighted by Gasteiger charge is 2.22. The average Bonchev–Trinajstić information content (AvgIpc) is 2.25. The van der Waals surface area contributed by atoms with E-state index < -0.39 is 31.5 Å². The number of likely N-dealkylation sites (N-methyl/N-ethyl adjacent to an activating group) is 1. The Balaban J connectivity index is 0. The van der Waals surface area contributed by atoms with Gasteiger partial charge in [-0.3, -0.25) is 0 Å². The molecule has 7 heteroatoms. The van der Waals surface area contributed by atoms with Gasteiger partial charge in [0.1, 0.15) is 24.9 Å². The number of nitrogens with zero attached hydrogens (tertiary/aromatic N) is 1. The van der Waals surface area contributed by atoms with Gasteiger partial charge in [-0.25, -0.2) is 0 Å². The molecule has 0 amide bonds. The molecule has 0 saturated heterocycles. The van der Waals surface area contributed by atoms with Gasteiger partial charge in [-0.15, -0.1) is 0 Å². The monoisotopic (exact) mass is 256 g/mol. The smallest absolute Gasteiger partial charge is 0.110 e. The fourth-order valence-electron chi connectivity index (χ4n) is 0.772. The van der Waals surface area contributed by atoms with Crippen LogP contribution in [0.2, 0.25) is 0 Å². The van der Waals surface area contributed by atoms with E-state index in [2.05, 4.69) is 21.1 Å². The third-order valence-corrected chi connectivity index (χ3v) is 1.93. The van der Waals surface area contributed by atoms with E-state index >= 15 is 0 Å². The fraction of sp³-hybridized carbons (Fsp3) is 1.00. The first-order valence-corrected chi connectivity index (χ1v) is 5.36. The van der Waals surface area contributed by atoms with Crippen LogP contribution in [0.1, 0.15) is 0 Å². The van der Waals surface area contributed by atoms with Crippen molar-refractivity contribution in [3.8, 4) is 0 Å². The van der Waals surface area contributed by atoms with E-state index in [0.29, 0.717) is 0 Å². The second kappa shape index (κ2) is 9.72. The lowest BCUT2D eigenvalue weighted by molar-refractivity contribution is -0.870. The molecule has 7 nitrogen and oxygen atoms in total. The van der Waals surface area contributed by atoms with Crippen molar-refractivity contribution in [3.63, 3.8) is 0 Å². The third-order valence-electron chi connectivity index (χ3n) is 1.93. The fourth-order valence-corrected chi connectivity index (χ4v) is 0.772. The van der Waals surface area contributed by atoms with Crippen LogP contribution in [0, 0.1) is 0 Å². The Bertz CT molecular complexity index is 163. The molecule has 0 radical (unpaired) electrons. The topological polar surface area (TPSA) is 121 Å². The van der Waals surface area contributed by atoms with E-state index in [1.165, 1.54) is 0 Å². The normalized spacial score (nSPS) is 16.8. The Morgan fingerprint density at radius 1 is 0.824 bits per heavy atom. The molecular formula is C10H26NO6+. The maximum absolute atomic E-state index is 8.77. The molecule has 0 aromatic heterocycles. The number of quaternary nitrogens is 1. The molecule has 0 aliphatic rings. The second-order valence-electron chi connectivity index (χ2n) is 4.73. The van der Waals surface area contributed by atoms with Crippen LogP contribution in [0.5, 0.6) is 0 Å². The standard InChI is InChI=1S/C5H14NO.C5H12O5/c1-6(2,3)4-5-7;6-1-3(8)5(10)4(9)2-7/h7H,4-5H2,1-3H3;3-10H,1-2H2/q+1;/t;3-,4+,5+.